The molecule has 0 aliphatic carbocycles. The first-order chi connectivity index (χ1) is 17.6. The number of para-hydroxylation sites is 1. The first-order valence-corrected chi connectivity index (χ1v) is 13.0. The van der Waals surface area contributed by atoms with E-state index in [1.54, 1.807) is 0 Å². The molecular weight excluding hydrogens is 450 g/mol. The molecule has 0 radical (unpaired) electrons. The van der Waals surface area contributed by atoms with Gasteiger partial charge in [-0.05, 0) is 56.7 Å². The summed E-state index contributed by atoms with van der Waals surface area (Å²) in [7, 11) is 0. The maximum Gasteiger partial charge on any atom is 0.263 e. The average Bonchev–Trinajstić information content (AvgIpc) is 2.88. The lowest BCUT2D eigenvalue weighted by atomic mass is 9.84. The Morgan fingerprint density at radius 1 is 0.514 bits per heavy atom. The van der Waals surface area contributed by atoms with Crippen molar-refractivity contribution in [2.24, 2.45) is 0 Å². The second kappa shape index (κ2) is 9.19. The Hall–Kier alpha value is -3.91. The summed E-state index contributed by atoms with van der Waals surface area (Å²) in [5, 5.41) is 1.69. The van der Waals surface area contributed by atoms with Gasteiger partial charge in [0, 0.05) is 16.6 Å². The first kappa shape index (κ1) is 24.8. The molecule has 1 aromatic heterocycles. The van der Waals surface area contributed by atoms with Gasteiger partial charge in [-0.1, -0.05) is 126 Å². The summed E-state index contributed by atoms with van der Waals surface area (Å²) in [4.78, 5) is 14.1. The van der Waals surface area contributed by atoms with E-state index in [2.05, 4.69) is 96.1 Å². The highest BCUT2D eigenvalue weighted by atomic mass is 16.1. The molecular formula is C35H35NO. The summed E-state index contributed by atoms with van der Waals surface area (Å²) < 4.78 is 1.89. The van der Waals surface area contributed by atoms with E-state index < -0.39 is 0 Å². The second-order valence-corrected chi connectivity index (χ2v) is 11.9. The van der Waals surface area contributed by atoms with Gasteiger partial charge in [0.2, 0.25) is 0 Å². The number of aromatic nitrogens is 1. The molecule has 0 aliphatic rings. The zero-order chi connectivity index (χ0) is 26.4. The van der Waals surface area contributed by atoms with Gasteiger partial charge in [-0.3, -0.25) is 9.36 Å². The van der Waals surface area contributed by atoms with Gasteiger partial charge in [-0.2, -0.15) is 0 Å². The topological polar surface area (TPSA) is 22.0 Å². The lowest BCUT2D eigenvalue weighted by Gasteiger charge is -2.23. The molecule has 5 aromatic rings. The molecule has 0 bridgehead atoms. The van der Waals surface area contributed by atoms with Crippen LogP contribution in [0.15, 0.2) is 108 Å². The van der Waals surface area contributed by atoms with E-state index in [1.807, 2.05) is 53.1 Å². The van der Waals surface area contributed by atoms with E-state index in [4.69, 9.17) is 0 Å². The van der Waals surface area contributed by atoms with Crippen LogP contribution >= 0.6 is 0 Å². The molecule has 1 heterocycles. The minimum atomic E-state index is -0.00763. The molecule has 186 valence electrons. The molecule has 0 saturated heterocycles. The summed E-state index contributed by atoms with van der Waals surface area (Å²) in [5.74, 6) is 0. The van der Waals surface area contributed by atoms with Crippen molar-refractivity contribution < 1.29 is 0 Å². The first-order valence-electron chi connectivity index (χ1n) is 13.0. The Morgan fingerprint density at radius 2 is 0.973 bits per heavy atom. The summed E-state index contributed by atoms with van der Waals surface area (Å²) >= 11 is 0. The standard InChI is InChI=1S/C35H35NO/c1-34(2,3)26-20-16-24(17-21-26)31-29-14-10-11-15-30(29)33(37)36(28-12-8-7-9-13-28)32(31)25-18-22-27(23-19-25)35(4,5)6/h7-23H,1-6H3. The van der Waals surface area contributed by atoms with Gasteiger partial charge in [0.15, 0.2) is 0 Å². The Bertz CT molecular complexity index is 1610. The lowest BCUT2D eigenvalue weighted by Crippen LogP contribution is -2.21. The van der Waals surface area contributed by atoms with Crippen LogP contribution in [-0.4, -0.2) is 4.57 Å². The normalized spacial score (nSPS) is 12.2. The molecule has 0 fully saturated rings. The molecule has 0 saturated carbocycles. The summed E-state index contributed by atoms with van der Waals surface area (Å²) in [6, 6.07) is 35.5. The molecule has 37 heavy (non-hydrogen) atoms. The van der Waals surface area contributed by atoms with Crippen LogP contribution in [0.2, 0.25) is 0 Å². The van der Waals surface area contributed by atoms with Gasteiger partial charge in [0.05, 0.1) is 5.69 Å². The van der Waals surface area contributed by atoms with E-state index in [9.17, 15) is 4.79 Å². The fraction of sp³-hybridized carbons (Fsp3) is 0.229. The van der Waals surface area contributed by atoms with Crippen molar-refractivity contribution in [2.45, 2.75) is 52.4 Å². The average molecular weight is 486 g/mol. The van der Waals surface area contributed by atoms with Crippen molar-refractivity contribution in [2.75, 3.05) is 0 Å². The Morgan fingerprint density at radius 3 is 1.49 bits per heavy atom. The van der Waals surface area contributed by atoms with Crippen molar-refractivity contribution in [3.63, 3.8) is 0 Å². The number of fused-ring (bicyclic) bond motifs is 1. The zero-order valence-corrected chi connectivity index (χ0v) is 22.7. The van der Waals surface area contributed by atoms with Crippen LogP contribution in [0, 0.1) is 0 Å². The zero-order valence-electron chi connectivity index (χ0n) is 22.7. The molecule has 0 spiro atoms. The fourth-order valence-electron chi connectivity index (χ4n) is 5.00. The summed E-state index contributed by atoms with van der Waals surface area (Å²) in [6.45, 7) is 13.4. The Balaban J connectivity index is 1.91. The molecule has 0 unspecified atom stereocenters. The van der Waals surface area contributed by atoms with Gasteiger partial charge in [-0.25, -0.2) is 0 Å². The molecule has 0 atom stereocenters. The molecule has 4 aromatic carbocycles. The molecule has 0 amide bonds. The fourth-order valence-corrected chi connectivity index (χ4v) is 5.00. The number of rotatable bonds is 3. The monoisotopic (exact) mass is 485 g/mol. The van der Waals surface area contributed by atoms with E-state index in [1.165, 1.54) is 11.1 Å². The number of pyridine rings is 1. The number of hydrogen-bond donors (Lipinski definition) is 0. The van der Waals surface area contributed by atoms with Gasteiger partial charge < -0.3 is 0 Å². The van der Waals surface area contributed by atoms with Crippen LogP contribution in [0.5, 0.6) is 0 Å². The highest BCUT2D eigenvalue weighted by Crippen LogP contribution is 2.39. The largest absolute Gasteiger partial charge is 0.276 e. The third-order valence-electron chi connectivity index (χ3n) is 7.17. The predicted molar refractivity (Wildman–Crippen MR) is 158 cm³/mol. The predicted octanol–water partition coefficient (Wildman–Crippen LogP) is 8.92. The van der Waals surface area contributed by atoms with Crippen LogP contribution in [0.1, 0.15) is 52.7 Å². The van der Waals surface area contributed by atoms with E-state index in [0.29, 0.717) is 0 Å². The quantitative estimate of drug-likeness (QED) is 0.250. The SMILES string of the molecule is CC(C)(C)c1ccc(-c2c(-c3ccc(C(C)(C)C)cc3)n(-c3ccccc3)c(=O)c3ccccc23)cc1. The van der Waals surface area contributed by atoms with E-state index in [0.717, 1.165) is 38.8 Å². The smallest absolute Gasteiger partial charge is 0.263 e. The molecule has 2 heteroatoms. The van der Waals surface area contributed by atoms with Crippen LogP contribution in [-0.2, 0) is 10.8 Å². The molecule has 0 N–H and O–H groups in total. The number of nitrogens with zero attached hydrogens (tertiary/aromatic N) is 1. The number of hydrogen-bond acceptors (Lipinski definition) is 1. The van der Waals surface area contributed by atoms with E-state index in [-0.39, 0.29) is 16.4 Å². The maximum atomic E-state index is 14.1. The third-order valence-corrected chi connectivity index (χ3v) is 7.17. The molecule has 0 aliphatic heterocycles. The molecule has 2 nitrogen and oxygen atoms in total. The van der Waals surface area contributed by atoms with Crippen molar-refractivity contribution in [3.8, 4) is 28.1 Å². The van der Waals surface area contributed by atoms with E-state index >= 15 is 0 Å². The van der Waals surface area contributed by atoms with Crippen LogP contribution in [0.3, 0.4) is 0 Å². The van der Waals surface area contributed by atoms with Crippen molar-refractivity contribution in [1.82, 2.24) is 4.57 Å². The third kappa shape index (κ3) is 4.64. The maximum absolute atomic E-state index is 14.1. The highest BCUT2D eigenvalue weighted by molar-refractivity contribution is 6.03. The summed E-state index contributed by atoms with van der Waals surface area (Å²) in [6.07, 6.45) is 0. The van der Waals surface area contributed by atoms with Gasteiger partial charge in [-0.15, -0.1) is 0 Å². The van der Waals surface area contributed by atoms with Gasteiger partial charge in [0.1, 0.15) is 0 Å². The lowest BCUT2D eigenvalue weighted by molar-refractivity contribution is 0.590. The van der Waals surface area contributed by atoms with Gasteiger partial charge >= 0.3 is 0 Å². The van der Waals surface area contributed by atoms with Crippen molar-refractivity contribution in [3.05, 3.63) is 125 Å². The Kier molecular flexibility index (Phi) is 6.15. The van der Waals surface area contributed by atoms with Crippen LogP contribution in [0.4, 0.5) is 0 Å². The number of benzene rings is 4. The van der Waals surface area contributed by atoms with Crippen LogP contribution in [0.25, 0.3) is 38.8 Å². The minimum Gasteiger partial charge on any atom is -0.276 e. The van der Waals surface area contributed by atoms with Gasteiger partial charge in [0.25, 0.3) is 5.56 Å². The Labute approximate surface area is 220 Å². The highest BCUT2D eigenvalue weighted by Gasteiger charge is 2.22. The van der Waals surface area contributed by atoms with Crippen molar-refractivity contribution >= 4 is 10.8 Å². The minimum absolute atomic E-state index is 0.00763. The summed E-state index contributed by atoms with van der Waals surface area (Å²) in [5.41, 5.74) is 7.63. The second-order valence-electron chi connectivity index (χ2n) is 11.9. The van der Waals surface area contributed by atoms with Crippen LogP contribution < -0.4 is 5.56 Å². The molecule has 5 rings (SSSR count). The van der Waals surface area contributed by atoms with Crippen molar-refractivity contribution in [1.29, 1.82) is 0 Å².